The van der Waals surface area contributed by atoms with Gasteiger partial charge in [-0.15, -0.1) is 11.8 Å². The van der Waals surface area contributed by atoms with Gasteiger partial charge in [-0.1, -0.05) is 27.5 Å². The molecule has 104 valence electrons. The number of nitrogens with one attached hydrogen (secondary N) is 1. The number of benzene rings is 2. The molecule has 0 fully saturated rings. The first-order valence-corrected chi connectivity index (χ1v) is 7.87. The van der Waals surface area contributed by atoms with E-state index in [1.165, 1.54) is 17.8 Å². The second kappa shape index (κ2) is 7.02. The predicted octanol–water partition coefficient (Wildman–Crippen LogP) is 4.54. The van der Waals surface area contributed by atoms with Crippen molar-refractivity contribution in [1.82, 2.24) is 0 Å². The molecule has 2 rings (SSSR count). The van der Waals surface area contributed by atoms with E-state index in [4.69, 9.17) is 11.6 Å². The van der Waals surface area contributed by atoms with E-state index in [1.54, 1.807) is 12.1 Å². The molecule has 1 amide bonds. The van der Waals surface area contributed by atoms with E-state index in [-0.39, 0.29) is 17.4 Å². The van der Waals surface area contributed by atoms with Gasteiger partial charge in [0.1, 0.15) is 5.75 Å². The van der Waals surface area contributed by atoms with E-state index in [0.29, 0.717) is 10.7 Å². The van der Waals surface area contributed by atoms with Crippen LogP contribution in [0.25, 0.3) is 0 Å². The smallest absolute Gasteiger partial charge is 0.234 e. The molecule has 0 aromatic heterocycles. The lowest BCUT2D eigenvalue weighted by Gasteiger charge is -2.07. The highest BCUT2D eigenvalue weighted by atomic mass is 79.9. The van der Waals surface area contributed by atoms with E-state index in [0.717, 1.165) is 9.37 Å². The Morgan fingerprint density at radius 2 is 1.95 bits per heavy atom. The summed E-state index contributed by atoms with van der Waals surface area (Å²) in [5.74, 6) is 0.0407. The predicted molar refractivity (Wildman–Crippen MR) is 86.6 cm³/mol. The van der Waals surface area contributed by atoms with Crippen LogP contribution in [0.15, 0.2) is 51.8 Å². The number of amides is 1. The minimum atomic E-state index is -0.185. The highest BCUT2D eigenvalue weighted by molar-refractivity contribution is 9.10. The van der Waals surface area contributed by atoms with E-state index < -0.39 is 0 Å². The van der Waals surface area contributed by atoms with Crippen LogP contribution < -0.4 is 5.32 Å². The average molecular weight is 373 g/mol. The zero-order valence-electron chi connectivity index (χ0n) is 10.3. The number of anilines is 1. The number of phenolic OH excluding ortho intramolecular Hbond substituents is 1. The van der Waals surface area contributed by atoms with Crippen LogP contribution in [0.3, 0.4) is 0 Å². The number of hydrogen-bond donors (Lipinski definition) is 2. The Labute approximate surface area is 134 Å². The quantitative estimate of drug-likeness (QED) is 0.612. The summed E-state index contributed by atoms with van der Waals surface area (Å²) in [6, 6.07) is 12.3. The first-order valence-electron chi connectivity index (χ1n) is 5.71. The van der Waals surface area contributed by atoms with Crippen LogP contribution in [0.2, 0.25) is 5.02 Å². The van der Waals surface area contributed by atoms with Crippen LogP contribution >= 0.6 is 39.3 Å². The molecule has 0 aliphatic heterocycles. The lowest BCUT2D eigenvalue weighted by Crippen LogP contribution is -2.14. The molecular weight excluding hydrogens is 362 g/mol. The molecule has 6 heteroatoms. The summed E-state index contributed by atoms with van der Waals surface area (Å²) in [6.45, 7) is 0. The Morgan fingerprint density at radius 3 is 2.60 bits per heavy atom. The Balaban J connectivity index is 1.90. The zero-order chi connectivity index (χ0) is 14.5. The van der Waals surface area contributed by atoms with Crippen LogP contribution in [0.5, 0.6) is 5.75 Å². The van der Waals surface area contributed by atoms with Gasteiger partial charge in [-0.05, 0) is 36.4 Å². The van der Waals surface area contributed by atoms with E-state index in [9.17, 15) is 9.90 Å². The Bertz CT molecular complexity index is 619. The number of carbonyl (C=O) groups excluding carboxylic acids is 1. The number of hydrogen-bond acceptors (Lipinski definition) is 3. The Morgan fingerprint density at radius 1 is 1.25 bits per heavy atom. The van der Waals surface area contributed by atoms with Gasteiger partial charge in [0.15, 0.2) is 0 Å². The molecule has 0 atom stereocenters. The Hall–Kier alpha value is -1.17. The SMILES string of the molecule is O=C(CSc1ccc(Br)cc1)Nc1ccc(Cl)cc1O. The zero-order valence-corrected chi connectivity index (χ0v) is 13.4. The normalized spacial score (nSPS) is 10.3. The minimum absolute atomic E-state index is 0.0421. The molecule has 20 heavy (non-hydrogen) atoms. The van der Waals surface area contributed by atoms with Crippen LogP contribution in [-0.2, 0) is 4.79 Å². The van der Waals surface area contributed by atoms with Gasteiger partial charge >= 0.3 is 0 Å². The van der Waals surface area contributed by atoms with Crippen molar-refractivity contribution in [2.45, 2.75) is 4.90 Å². The third-order valence-electron chi connectivity index (χ3n) is 2.42. The number of phenols is 1. The molecule has 0 aliphatic carbocycles. The fourth-order valence-corrected chi connectivity index (χ4v) is 2.61. The maximum Gasteiger partial charge on any atom is 0.234 e. The summed E-state index contributed by atoms with van der Waals surface area (Å²) >= 11 is 10.5. The third kappa shape index (κ3) is 4.44. The van der Waals surface area contributed by atoms with Gasteiger partial charge in [-0.2, -0.15) is 0 Å². The molecule has 2 N–H and O–H groups in total. The molecule has 3 nitrogen and oxygen atoms in total. The van der Waals surface area contributed by atoms with Gasteiger partial charge in [-0.25, -0.2) is 0 Å². The fourth-order valence-electron chi connectivity index (χ4n) is 1.48. The lowest BCUT2D eigenvalue weighted by molar-refractivity contribution is -0.113. The summed E-state index contributed by atoms with van der Waals surface area (Å²) in [5, 5.41) is 12.7. The minimum Gasteiger partial charge on any atom is -0.506 e. The lowest BCUT2D eigenvalue weighted by atomic mass is 10.3. The highest BCUT2D eigenvalue weighted by Gasteiger charge is 2.07. The van der Waals surface area contributed by atoms with Crippen LogP contribution in [-0.4, -0.2) is 16.8 Å². The van der Waals surface area contributed by atoms with Crippen LogP contribution in [0, 0.1) is 0 Å². The number of rotatable bonds is 4. The highest BCUT2D eigenvalue weighted by Crippen LogP contribution is 2.27. The second-order valence-corrected chi connectivity index (χ2v) is 6.35. The average Bonchev–Trinajstić information content (AvgIpc) is 2.41. The summed E-state index contributed by atoms with van der Waals surface area (Å²) in [7, 11) is 0. The monoisotopic (exact) mass is 371 g/mol. The van der Waals surface area contributed by atoms with Crippen molar-refractivity contribution in [1.29, 1.82) is 0 Å². The fraction of sp³-hybridized carbons (Fsp3) is 0.0714. The van der Waals surface area contributed by atoms with E-state index in [1.807, 2.05) is 24.3 Å². The third-order valence-corrected chi connectivity index (χ3v) is 4.19. The van der Waals surface area contributed by atoms with Crippen molar-refractivity contribution in [3.63, 3.8) is 0 Å². The Kier molecular flexibility index (Phi) is 5.34. The molecule has 0 unspecified atom stereocenters. The molecule has 0 bridgehead atoms. The molecule has 0 aliphatic rings. The molecule has 2 aromatic rings. The molecule has 0 spiro atoms. The van der Waals surface area contributed by atoms with Gasteiger partial charge in [0, 0.05) is 20.5 Å². The molecular formula is C14H11BrClNO2S. The number of carbonyl (C=O) groups is 1. The van der Waals surface area contributed by atoms with Crippen molar-refractivity contribution in [2.24, 2.45) is 0 Å². The largest absolute Gasteiger partial charge is 0.506 e. The molecule has 0 radical (unpaired) electrons. The summed E-state index contributed by atoms with van der Waals surface area (Å²) < 4.78 is 0.998. The van der Waals surface area contributed by atoms with Gasteiger partial charge in [-0.3, -0.25) is 4.79 Å². The number of aromatic hydroxyl groups is 1. The molecule has 0 heterocycles. The van der Waals surface area contributed by atoms with Gasteiger partial charge in [0.05, 0.1) is 11.4 Å². The van der Waals surface area contributed by atoms with Gasteiger partial charge < -0.3 is 10.4 Å². The van der Waals surface area contributed by atoms with Gasteiger partial charge in [0.25, 0.3) is 0 Å². The topological polar surface area (TPSA) is 49.3 Å². The molecule has 0 saturated heterocycles. The number of thioether (sulfide) groups is 1. The first-order chi connectivity index (χ1) is 9.54. The van der Waals surface area contributed by atoms with Crippen LogP contribution in [0.4, 0.5) is 5.69 Å². The summed E-state index contributed by atoms with van der Waals surface area (Å²) in [6.07, 6.45) is 0. The van der Waals surface area contributed by atoms with Crippen molar-refractivity contribution in [3.8, 4) is 5.75 Å². The second-order valence-electron chi connectivity index (χ2n) is 3.95. The van der Waals surface area contributed by atoms with E-state index >= 15 is 0 Å². The maximum absolute atomic E-state index is 11.8. The van der Waals surface area contributed by atoms with Crippen molar-refractivity contribution >= 4 is 50.9 Å². The maximum atomic E-state index is 11.8. The van der Waals surface area contributed by atoms with Crippen LogP contribution in [0.1, 0.15) is 0 Å². The standard InChI is InChI=1S/C14H11BrClNO2S/c15-9-1-4-11(5-2-9)20-8-14(19)17-12-6-3-10(16)7-13(12)18/h1-7,18H,8H2,(H,17,19). The summed E-state index contributed by atoms with van der Waals surface area (Å²) in [4.78, 5) is 12.8. The molecule has 0 saturated carbocycles. The van der Waals surface area contributed by atoms with Crippen molar-refractivity contribution in [2.75, 3.05) is 11.1 Å². The van der Waals surface area contributed by atoms with Crippen molar-refractivity contribution < 1.29 is 9.90 Å². The van der Waals surface area contributed by atoms with E-state index in [2.05, 4.69) is 21.2 Å². The summed E-state index contributed by atoms with van der Waals surface area (Å²) in [5.41, 5.74) is 0.357. The van der Waals surface area contributed by atoms with Gasteiger partial charge in [0.2, 0.25) is 5.91 Å². The number of halogens is 2. The first kappa shape index (κ1) is 15.2. The van der Waals surface area contributed by atoms with Crippen molar-refractivity contribution in [3.05, 3.63) is 52.0 Å². The molecule has 2 aromatic carbocycles.